The van der Waals surface area contributed by atoms with Gasteiger partial charge in [-0.3, -0.25) is 9.59 Å². The number of rotatable bonds is 6. The summed E-state index contributed by atoms with van der Waals surface area (Å²) >= 11 is 0. The van der Waals surface area contributed by atoms with Gasteiger partial charge >= 0.3 is 0 Å². The van der Waals surface area contributed by atoms with Crippen molar-refractivity contribution in [2.45, 2.75) is 68.7 Å². The Balaban J connectivity index is 1.22. The maximum absolute atomic E-state index is 13.4. The van der Waals surface area contributed by atoms with Crippen molar-refractivity contribution in [3.05, 3.63) is 58.5 Å². The molecule has 2 aliphatic heterocycles. The highest BCUT2D eigenvalue weighted by Gasteiger charge is 2.39. The third kappa shape index (κ3) is 4.84. The molecule has 0 unspecified atom stereocenters. The fourth-order valence-corrected chi connectivity index (χ4v) is 7.50. The van der Waals surface area contributed by atoms with E-state index >= 15 is 0 Å². The van der Waals surface area contributed by atoms with Crippen LogP contribution in [0.1, 0.15) is 63.0 Å². The van der Waals surface area contributed by atoms with E-state index in [-0.39, 0.29) is 28.2 Å². The molecule has 3 heterocycles. The second kappa shape index (κ2) is 9.66. The summed E-state index contributed by atoms with van der Waals surface area (Å²) in [5.74, 6) is 0.795. The third-order valence-electron chi connectivity index (χ3n) is 7.73. The highest BCUT2D eigenvalue weighted by atomic mass is 32.2. The molecular weight excluding hydrogens is 450 g/mol. The maximum Gasteiger partial charge on any atom is 0.250 e. The predicted molar refractivity (Wildman–Crippen MR) is 131 cm³/mol. The number of piperidine rings is 1. The molecule has 1 amide bonds. The SMILES string of the molecule is O=C(CCC1CCCCC1)Nc1ccc(S(=O)(=O)N2C[C@H]3C[C@H](C2)c2cccc(=O)n2C3)cc1. The number of sulfonamides is 1. The lowest BCUT2D eigenvalue weighted by atomic mass is 9.84. The Morgan fingerprint density at radius 1 is 0.971 bits per heavy atom. The molecule has 1 aromatic heterocycles. The quantitative estimate of drug-likeness (QED) is 0.674. The Morgan fingerprint density at radius 2 is 1.74 bits per heavy atom. The topological polar surface area (TPSA) is 88.5 Å². The second-order valence-corrected chi connectivity index (χ2v) is 12.1. The molecule has 2 fully saturated rings. The number of aromatic nitrogens is 1. The zero-order valence-corrected chi connectivity index (χ0v) is 20.3. The van der Waals surface area contributed by atoms with Gasteiger partial charge in [0.2, 0.25) is 15.9 Å². The molecule has 1 saturated heterocycles. The monoisotopic (exact) mass is 483 g/mol. The number of pyridine rings is 1. The molecule has 2 bridgehead atoms. The number of nitrogens with zero attached hydrogens (tertiary/aromatic N) is 2. The van der Waals surface area contributed by atoms with E-state index in [1.807, 2.05) is 6.07 Å². The van der Waals surface area contributed by atoms with Gasteiger partial charge in [0.25, 0.3) is 5.56 Å². The lowest BCUT2D eigenvalue weighted by molar-refractivity contribution is -0.116. The van der Waals surface area contributed by atoms with Crippen molar-refractivity contribution in [2.75, 3.05) is 18.4 Å². The Labute approximate surface area is 201 Å². The van der Waals surface area contributed by atoms with Crippen LogP contribution in [0.2, 0.25) is 0 Å². The van der Waals surface area contributed by atoms with Gasteiger partial charge in [0.1, 0.15) is 0 Å². The Morgan fingerprint density at radius 3 is 2.50 bits per heavy atom. The van der Waals surface area contributed by atoms with Crippen molar-refractivity contribution in [3.63, 3.8) is 0 Å². The van der Waals surface area contributed by atoms with Crippen LogP contribution < -0.4 is 10.9 Å². The minimum Gasteiger partial charge on any atom is -0.326 e. The van der Waals surface area contributed by atoms with E-state index in [1.165, 1.54) is 32.1 Å². The number of hydrogen-bond acceptors (Lipinski definition) is 4. The van der Waals surface area contributed by atoms with Crippen LogP contribution in [0.4, 0.5) is 5.69 Å². The van der Waals surface area contributed by atoms with Gasteiger partial charge in [-0.25, -0.2) is 8.42 Å². The van der Waals surface area contributed by atoms with Gasteiger partial charge in [-0.15, -0.1) is 0 Å². The van der Waals surface area contributed by atoms with E-state index in [0.29, 0.717) is 37.7 Å². The normalized spacial score (nSPS) is 23.3. The molecule has 1 aromatic carbocycles. The standard InChI is InChI=1S/C26H33N3O4S/c30-25(14-9-19-5-2-1-3-6-19)27-22-10-12-23(13-11-22)34(32,33)28-16-20-15-21(18-28)24-7-4-8-26(31)29(24)17-20/h4,7-8,10-13,19-21H,1-3,5-6,9,14-18H2,(H,27,30)/t20-,21-/m1/s1. The van der Waals surface area contributed by atoms with Gasteiger partial charge in [-0.2, -0.15) is 4.31 Å². The van der Waals surface area contributed by atoms with E-state index < -0.39 is 10.0 Å². The first-order valence-corrected chi connectivity index (χ1v) is 13.9. The van der Waals surface area contributed by atoms with Crippen molar-refractivity contribution in [3.8, 4) is 0 Å². The Kier molecular flexibility index (Phi) is 6.62. The molecule has 3 aliphatic rings. The van der Waals surface area contributed by atoms with Crippen LogP contribution in [-0.2, 0) is 21.4 Å². The number of hydrogen-bond donors (Lipinski definition) is 1. The second-order valence-electron chi connectivity index (χ2n) is 10.1. The van der Waals surface area contributed by atoms with Gasteiger partial charge in [0, 0.05) is 49.4 Å². The molecule has 0 radical (unpaired) electrons. The van der Waals surface area contributed by atoms with E-state index in [1.54, 1.807) is 45.3 Å². The summed E-state index contributed by atoms with van der Waals surface area (Å²) in [5, 5.41) is 2.91. The highest BCUT2D eigenvalue weighted by Crippen LogP contribution is 2.37. The summed E-state index contributed by atoms with van der Waals surface area (Å²) in [6.07, 6.45) is 8.63. The third-order valence-corrected chi connectivity index (χ3v) is 9.57. The van der Waals surface area contributed by atoms with Gasteiger partial charge in [-0.05, 0) is 55.0 Å². The van der Waals surface area contributed by atoms with Gasteiger partial charge in [-0.1, -0.05) is 38.2 Å². The van der Waals surface area contributed by atoms with E-state index in [9.17, 15) is 18.0 Å². The summed E-state index contributed by atoms with van der Waals surface area (Å²) < 4.78 is 30.1. The van der Waals surface area contributed by atoms with Gasteiger partial charge in [0.15, 0.2) is 0 Å². The van der Waals surface area contributed by atoms with E-state index in [2.05, 4.69) is 5.32 Å². The van der Waals surface area contributed by atoms with Crippen LogP contribution in [0.3, 0.4) is 0 Å². The van der Waals surface area contributed by atoms with Crippen molar-refractivity contribution >= 4 is 21.6 Å². The van der Waals surface area contributed by atoms with Crippen LogP contribution in [0, 0.1) is 11.8 Å². The number of nitrogens with one attached hydrogen (secondary N) is 1. The van der Waals surface area contributed by atoms with Crippen molar-refractivity contribution < 1.29 is 13.2 Å². The minimum absolute atomic E-state index is 0.0140. The van der Waals surface area contributed by atoms with Crippen molar-refractivity contribution in [1.82, 2.24) is 8.87 Å². The molecule has 34 heavy (non-hydrogen) atoms. The number of fused-ring (bicyclic) bond motifs is 4. The lowest BCUT2D eigenvalue weighted by Gasteiger charge is -2.42. The number of anilines is 1. The van der Waals surface area contributed by atoms with Crippen LogP contribution in [0.15, 0.2) is 52.2 Å². The van der Waals surface area contributed by atoms with Gasteiger partial charge in [0.05, 0.1) is 4.90 Å². The average molecular weight is 484 g/mol. The first kappa shape index (κ1) is 23.3. The predicted octanol–water partition coefficient (Wildman–Crippen LogP) is 3.96. The van der Waals surface area contributed by atoms with Gasteiger partial charge < -0.3 is 9.88 Å². The number of carbonyl (C=O) groups excluding carboxylic acids is 1. The molecule has 1 aliphatic carbocycles. The molecule has 0 spiro atoms. The Hall–Kier alpha value is -2.45. The van der Waals surface area contributed by atoms with E-state index in [4.69, 9.17) is 0 Å². The Bertz CT molecular complexity index is 1200. The first-order chi connectivity index (χ1) is 16.4. The molecule has 1 saturated carbocycles. The summed E-state index contributed by atoms with van der Waals surface area (Å²) in [5.41, 5.74) is 1.53. The van der Waals surface area contributed by atoms with Crippen LogP contribution in [0.5, 0.6) is 0 Å². The summed E-state index contributed by atoms with van der Waals surface area (Å²) in [4.78, 5) is 24.8. The molecular formula is C26H33N3O4S. The smallest absolute Gasteiger partial charge is 0.250 e. The molecule has 7 nitrogen and oxygen atoms in total. The highest BCUT2D eigenvalue weighted by molar-refractivity contribution is 7.89. The number of benzene rings is 1. The van der Waals surface area contributed by atoms with Crippen LogP contribution in [0.25, 0.3) is 0 Å². The molecule has 182 valence electrons. The lowest BCUT2D eigenvalue weighted by Crippen LogP contribution is -2.48. The van der Waals surface area contributed by atoms with Crippen LogP contribution >= 0.6 is 0 Å². The van der Waals surface area contributed by atoms with Crippen molar-refractivity contribution in [1.29, 1.82) is 0 Å². The molecule has 5 rings (SSSR count). The van der Waals surface area contributed by atoms with Crippen molar-refractivity contribution in [2.24, 2.45) is 11.8 Å². The maximum atomic E-state index is 13.4. The fraction of sp³-hybridized carbons (Fsp3) is 0.538. The number of amides is 1. The van der Waals surface area contributed by atoms with Crippen LogP contribution in [-0.4, -0.2) is 36.3 Å². The van der Waals surface area contributed by atoms with E-state index in [0.717, 1.165) is 18.5 Å². The minimum atomic E-state index is -3.65. The zero-order chi connectivity index (χ0) is 23.7. The number of carbonyl (C=O) groups is 1. The summed E-state index contributed by atoms with van der Waals surface area (Å²) in [6, 6.07) is 11.8. The summed E-state index contributed by atoms with van der Waals surface area (Å²) in [7, 11) is -3.65. The average Bonchev–Trinajstić information content (AvgIpc) is 2.84. The molecule has 8 heteroatoms. The first-order valence-electron chi connectivity index (χ1n) is 12.5. The fourth-order valence-electron chi connectivity index (χ4n) is 5.94. The zero-order valence-electron chi connectivity index (χ0n) is 19.5. The molecule has 2 atom stereocenters. The molecule has 2 aromatic rings. The molecule has 1 N–H and O–H groups in total. The summed E-state index contributed by atoms with van der Waals surface area (Å²) in [6.45, 7) is 1.35. The largest absolute Gasteiger partial charge is 0.326 e.